The second-order valence-electron chi connectivity index (χ2n) is 4.63. The summed E-state index contributed by atoms with van der Waals surface area (Å²) in [4.78, 5) is 13.0. The Morgan fingerprint density at radius 2 is 2.14 bits per heavy atom. The summed E-state index contributed by atoms with van der Waals surface area (Å²) in [7, 11) is 0. The molecule has 2 aliphatic rings. The van der Waals surface area contributed by atoms with Crippen molar-refractivity contribution in [1.82, 2.24) is 4.90 Å². The zero-order valence-electron chi connectivity index (χ0n) is 8.53. The standard InChI is InChI=1S/C10H17NO3/c1-10(7-14-10)6-11-4-2-8(3-5-11)9(12)13/h8H,2-7H2,1H3,(H,12,13)/t10-/m0/s1. The summed E-state index contributed by atoms with van der Waals surface area (Å²) in [5.74, 6) is -0.766. The van der Waals surface area contributed by atoms with E-state index in [4.69, 9.17) is 9.84 Å². The van der Waals surface area contributed by atoms with Gasteiger partial charge in [0.1, 0.15) is 5.60 Å². The Bertz CT molecular complexity index is 230. The minimum Gasteiger partial charge on any atom is -0.481 e. The maximum atomic E-state index is 10.7. The molecule has 80 valence electrons. The topological polar surface area (TPSA) is 53.1 Å². The molecule has 0 spiro atoms. The number of aliphatic carboxylic acids is 1. The van der Waals surface area contributed by atoms with Gasteiger partial charge in [0, 0.05) is 6.54 Å². The van der Waals surface area contributed by atoms with Gasteiger partial charge in [0.15, 0.2) is 0 Å². The van der Waals surface area contributed by atoms with Crippen molar-refractivity contribution in [3.05, 3.63) is 0 Å². The lowest BCUT2D eigenvalue weighted by molar-refractivity contribution is -0.143. The Hall–Kier alpha value is -0.610. The van der Waals surface area contributed by atoms with Crippen molar-refractivity contribution >= 4 is 5.97 Å². The first kappa shape index (κ1) is 9.93. The Labute approximate surface area is 83.8 Å². The molecule has 1 N–H and O–H groups in total. The van der Waals surface area contributed by atoms with Crippen LogP contribution in [0.2, 0.25) is 0 Å². The van der Waals surface area contributed by atoms with E-state index in [-0.39, 0.29) is 11.5 Å². The number of rotatable bonds is 3. The molecular weight excluding hydrogens is 182 g/mol. The zero-order valence-corrected chi connectivity index (χ0v) is 8.53. The van der Waals surface area contributed by atoms with Gasteiger partial charge in [-0.05, 0) is 32.9 Å². The number of ether oxygens (including phenoxy) is 1. The highest BCUT2D eigenvalue weighted by Gasteiger charge is 2.41. The third-order valence-corrected chi connectivity index (χ3v) is 3.13. The van der Waals surface area contributed by atoms with Crippen LogP contribution >= 0.6 is 0 Å². The molecule has 4 nitrogen and oxygen atoms in total. The van der Waals surface area contributed by atoms with E-state index in [1.807, 2.05) is 0 Å². The molecule has 0 bridgehead atoms. The smallest absolute Gasteiger partial charge is 0.306 e. The van der Waals surface area contributed by atoms with Crippen molar-refractivity contribution in [2.45, 2.75) is 25.4 Å². The van der Waals surface area contributed by atoms with Crippen LogP contribution in [0.15, 0.2) is 0 Å². The number of likely N-dealkylation sites (tertiary alicyclic amines) is 1. The average Bonchev–Trinajstić information content (AvgIpc) is 2.84. The summed E-state index contributed by atoms with van der Waals surface area (Å²) in [6.45, 7) is 5.72. The van der Waals surface area contributed by atoms with Crippen LogP contribution in [0.4, 0.5) is 0 Å². The Morgan fingerprint density at radius 3 is 2.57 bits per heavy atom. The second-order valence-corrected chi connectivity index (χ2v) is 4.63. The van der Waals surface area contributed by atoms with Crippen molar-refractivity contribution in [2.24, 2.45) is 5.92 Å². The molecule has 0 aliphatic carbocycles. The lowest BCUT2D eigenvalue weighted by Crippen LogP contribution is -2.40. The second kappa shape index (κ2) is 3.51. The molecule has 2 rings (SSSR count). The monoisotopic (exact) mass is 199 g/mol. The minimum absolute atomic E-state index is 0.0655. The number of nitrogens with zero attached hydrogens (tertiary/aromatic N) is 1. The molecule has 0 unspecified atom stereocenters. The van der Waals surface area contributed by atoms with Crippen molar-refractivity contribution in [3.63, 3.8) is 0 Å². The van der Waals surface area contributed by atoms with Gasteiger partial charge in [-0.2, -0.15) is 0 Å². The van der Waals surface area contributed by atoms with Crippen molar-refractivity contribution < 1.29 is 14.6 Å². The van der Waals surface area contributed by atoms with E-state index in [2.05, 4.69) is 11.8 Å². The molecule has 0 radical (unpaired) electrons. The number of carboxylic acids is 1. The first-order valence-electron chi connectivity index (χ1n) is 5.18. The number of hydrogen-bond acceptors (Lipinski definition) is 3. The van der Waals surface area contributed by atoms with Crippen LogP contribution in [0.5, 0.6) is 0 Å². The molecule has 1 atom stereocenters. The molecule has 0 amide bonds. The van der Waals surface area contributed by atoms with Gasteiger partial charge in [0.25, 0.3) is 0 Å². The van der Waals surface area contributed by atoms with Crippen molar-refractivity contribution in [2.75, 3.05) is 26.2 Å². The van der Waals surface area contributed by atoms with E-state index in [9.17, 15) is 4.79 Å². The molecule has 14 heavy (non-hydrogen) atoms. The molecule has 4 heteroatoms. The van der Waals surface area contributed by atoms with Gasteiger partial charge >= 0.3 is 5.97 Å². The van der Waals surface area contributed by atoms with Crippen LogP contribution in [0, 0.1) is 5.92 Å². The van der Waals surface area contributed by atoms with Crippen molar-refractivity contribution in [3.8, 4) is 0 Å². The normalized spacial score (nSPS) is 34.4. The van der Waals surface area contributed by atoms with Gasteiger partial charge in [0.2, 0.25) is 0 Å². The van der Waals surface area contributed by atoms with Crippen LogP contribution in [-0.2, 0) is 9.53 Å². The molecular formula is C10H17NO3. The fourth-order valence-electron chi connectivity index (χ4n) is 2.03. The Morgan fingerprint density at radius 1 is 1.57 bits per heavy atom. The van der Waals surface area contributed by atoms with Crippen LogP contribution in [0.25, 0.3) is 0 Å². The SMILES string of the molecule is C[C@]1(CN2CCC(C(=O)O)CC2)CO1. The summed E-state index contributed by atoms with van der Waals surface area (Å²) in [5.41, 5.74) is 0.0655. The van der Waals surface area contributed by atoms with Crippen LogP contribution in [-0.4, -0.2) is 47.8 Å². The maximum Gasteiger partial charge on any atom is 0.306 e. The molecule has 2 fully saturated rings. The molecule has 2 aliphatic heterocycles. The third kappa shape index (κ3) is 2.25. The largest absolute Gasteiger partial charge is 0.481 e. The van der Waals surface area contributed by atoms with Gasteiger partial charge in [-0.25, -0.2) is 0 Å². The van der Waals surface area contributed by atoms with Crippen LogP contribution in [0.3, 0.4) is 0 Å². The lowest BCUT2D eigenvalue weighted by Gasteiger charge is -2.30. The van der Waals surface area contributed by atoms with E-state index in [0.29, 0.717) is 0 Å². The lowest BCUT2D eigenvalue weighted by atomic mass is 9.96. The third-order valence-electron chi connectivity index (χ3n) is 3.13. The van der Waals surface area contributed by atoms with Gasteiger partial charge in [-0.15, -0.1) is 0 Å². The first-order valence-corrected chi connectivity index (χ1v) is 5.18. The summed E-state index contributed by atoms with van der Waals surface area (Å²) in [5, 5.41) is 8.83. The molecule has 0 saturated carbocycles. The van der Waals surface area contributed by atoms with E-state index in [1.165, 1.54) is 0 Å². The van der Waals surface area contributed by atoms with Gasteiger partial charge in [0.05, 0.1) is 12.5 Å². The average molecular weight is 199 g/mol. The number of carboxylic acid groups (broad SMARTS) is 1. The number of hydrogen-bond donors (Lipinski definition) is 1. The van der Waals surface area contributed by atoms with Gasteiger partial charge in [-0.1, -0.05) is 0 Å². The number of piperidine rings is 1. The van der Waals surface area contributed by atoms with Gasteiger partial charge < -0.3 is 14.7 Å². The highest BCUT2D eigenvalue weighted by molar-refractivity contribution is 5.70. The van der Waals surface area contributed by atoms with E-state index in [0.717, 1.165) is 39.1 Å². The fourth-order valence-corrected chi connectivity index (χ4v) is 2.03. The van der Waals surface area contributed by atoms with Crippen LogP contribution in [0.1, 0.15) is 19.8 Å². The highest BCUT2D eigenvalue weighted by Crippen LogP contribution is 2.28. The quantitative estimate of drug-likeness (QED) is 0.675. The summed E-state index contributed by atoms with van der Waals surface area (Å²) in [6.07, 6.45) is 1.57. The van der Waals surface area contributed by atoms with Crippen LogP contribution < -0.4 is 0 Å². The molecule has 2 heterocycles. The van der Waals surface area contributed by atoms with E-state index in [1.54, 1.807) is 0 Å². The highest BCUT2D eigenvalue weighted by atomic mass is 16.6. The van der Waals surface area contributed by atoms with Gasteiger partial charge in [-0.3, -0.25) is 4.79 Å². The van der Waals surface area contributed by atoms with E-state index >= 15 is 0 Å². The molecule has 0 aromatic rings. The molecule has 2 saturated heterocycles. The Balaban J connectivity index is 1.75. The summed E-state index contributed by atoms with van der Waals surface area (Å²) >= 11 is 0. The summed E-state index contributed by atoms with van der Waals surface area (Å²) in [6, 6.07) is 0. The zero-order chi connectivity index (χ0) is 10.2. The maximum absolute atomic E-state index is 10.7. The minimum atomic E-state index is -0.640. The predicted molar refractivity (Wildman–Crippen MR) is 51.2 cm³/mol. The van der Waals surface area contributed by atoms with E-state index < -0.39 is 5.97 Å². The Kier molecular flexibility index (Phi) is 2.49. The number of epoxide rings is 1. The first-order chi connectivity index (χ1) is 6.59. The molecule has 0 aromatic heterocycles. The van der Waals surface area contributed by atoms with Crippen molar-refractivity contribution in [1.29, 1.82) is 0 Å². The molecule has 0 aromatic carbocycles. The number of carbonyl (C=O) groups is 1. The summed E-state index contributed by atoms with van der Waals surface area (Å²) < 4.78 is 5.32. The fraction of sp³-hybridized carbons (Fsp3) is 0.900. The predicted octanol–water partition coefficient (Wildman–Crippen LogP) is 0.572.